The van der Waals surface area contributed by atoms with Crippen LogP contribution in [0.25, 0.3) is 0 Å². The zero-order valence-corrected chi connectivity index (χ0v) is 11.1. The number of aryl methyl sites for hydroxylation is 1. The van der Waals surface area contributed by atoms with Crippen LogP contribution in [0.2, 0.25) is 0 Å². The molecule has 0 fully saturated rings. The molecule has 1 aromatic carbocycles. The van der Waals surface area contributed by atoms with E-state index in [1.54, 1.807) is 0 Å². The Labute approximate surface area is 107 Å². The van der Waals surface area contributed by atoms with Crippen LogP contribution in [0.15, 0.2) is 29.4 Å². The molecule has 1 rings (SSSR count). The minimum absolute atomic E-state index is 0.214. The highest BCUT2D eigenvalue weighted by Crippen LogP contribution is 2.10. The second kappa shape index (κ2) is 7.81. The van der Waals surface area contributed by atoms with E-state index in [4.69, 9.17) is 11.3 Å². The zero-order valence-electron chi connectivity index (χ0n) is 10.3. The van der Waals surface area contributed by atoms with E-state index in [1.165, 1.54) is 5.56 Å². The van der Waals surface area contributed by atoms with Crippen molar-refractivity contribution in [2.45, 2.75) is 13.8 Å². The number of thioether (sulfide) groups is 1. The number of rotatable bonds is 6. The fourth-order valence-corrected chi connectivity index (χ4v) is 1.87. The van der Waals surface area contributed by atoms with Gasteiger partial charge >= 0.3 is 0 Å². The lowest BCUT2D eigenvalue weighted by Crippen LogP contribution is -2.06. The van der Waals surface area contributed by atoms with Crippen molar-refractivity contribution in [2.75, 3.05) is 18.1 Å². The first-order chi connectivity index (χ1) is 8.27. The lowest BCUT2D eigenvalue weighted by molar-refractivity contribution is 0.180. The molecule has 3 heteroatoms. The highest BCUT2D eigenvalue weighted by Gasteiger charge is 2.04. The van der Waals surface area contributed by atoms with Crippen LogP contribution in [-0.2, 0) is 4.84 Å². The first-order valence-corrected chi connectivity index (χ1v) is 6.70. The highest BCUT2D eigenvalue weighted by molar-refractivity contribution is 7.99. The molecular weight excluding hydrogens is 230 g/mol. The zero-order chi connectivity index (χ0) is 12.5. The first kappa shape index (κ1) is 13.7. The number of benzene rings is 1. The standard InChI is InChI=1S/C14H17NOS/c1-4-10-16-15-14(11-17-5-2)13-8-6-12(3)7-9-13/h1,6-9H,5,10-11H2,2-3H3. The SMILES string of the molecule is C#CCON=C(CSCC)c1ccc(C)cc1. The molecule has 0 atom stereocenters. The average Bonchev–Trinajstić information content (AvgIpc) is 2.35. The summed E-state index contributed by atoms with van der Waals surface area (Å²) in [4.78, 5) is 5.07. The van der Waals surface area contributed by atoms with Crippen LogP contribution < -0.4 is 0 Å². The summed E-state index contributed by atoms with van der Waals surface area (Å²) in [7, 11) is 0. The van der Waals surface area contributed by atoms with Crippen LogP contribution in [0.1, 0.15) is 18.1 Å². The minimum Gasteiger partial charge on any atom is -0.382 e. The summed E-state index contributed by atoms with van der Waals surface area (Å²) in [5.41, 5.74) is 3.27. The normalized spacial score (nSPS) is 11.0. The van der Waals surface area contributed by atoms with E-state index >= 15 is 0 Å². The Balaban J connectivity index is 2.78. The van der Waals surface area contributed by atoms with Crippen molar-refractivity contribution in [3.8, 4) is 12.3 Å². The Morgan fingerprint density at radius 2 is 2.12 bits per heavy atom. The van der Waals surface area contributed by atoms with Crippen molar-refractivity contribution in [3.63, 3.8) is 0 Å². The van der Waals surface area contributed by atoms with Crippen molar-refractivity contribution in [2.24, 2.45) is 5.16 Å². The molecule has 0 aliphatic rings. The van der Waals surface area contributed by atoms with Gasteiger partial charge in [-0.1, -0.05) is 47.8 Å². The van der Waals surface area contributed by atoms with Gasteiger partial charge in [0.05, 0.1) is 5.71 Å². The Morgan fingerprint density at radius 3 is 2.71 bits per heavy atom. The van der Waals surface area contributed by atoms with Crippen molar-refractivity contribution in [1.82, 2.24) is 0 Å². The molecule has 0 spiro atoms. The van der Waals surface area contributed by atoms with E-state index in [2.05, 4.69) is 49.2 Å². The third-order valence-electron chi connectivity index (χ3n) is 2.15. The molecule has 2 nitrogen and oxygen atoms in total. The smallest absolute Gasteiger partial charge is 0.177 e. The maximum atomic E-state index is 5.12. The lowest BCUT2D eigenvalue weighted by Gasteiger charge is -2.06. The fourth-order valence-electron chi connectivity index (χ4n) is 1.25. The summed E-state index contributed by atoms with van der Waals surface area (Å²) in [6.45, 7) is 4.40. The predicted octanol–water partition coefficient (Wildman–Crippen LogP) is 3.10. The van der Waals surface area contributed by atoms with Crippen LogP contribution >= 0.6 is 11.8 Å². The van der Waals surface area contributed by atoms with Gasteiger partial charge in [0.2, 0.25) is 0 Å². The number of nitrogens with zero attached hydrogens (tertiary/aromatic N) is 1. The second-order valence-electron chi connectivity index (χ2n) is 3.52. The fraction of sp³-hybridized carbons (Fsp3) is 0.357. The molecule has 0 aliphatic carbocycles. The van der Waals surface area contributed by atoms with Crippen LogP contribution in [0.5, 0.6) is 0 Å². The molecule has 1 aromatic rings. The summed E-state index contributed by atoms with van der Waals surface area (Å²) in [5.74, 6) is 4.30. The Kier molecular flexibility index (Phi) is 6.27. The van der Waals surface area contributed by atoms with Crippen molar-refractivity contribution < 1.29 is 4.84 Å². The van der Waals surface area contributed by atoms with Gasteiger partial charge in [0, 0.05) is 11.3 Å². The van der Waals surface area contributed by atoms with Crippen molar-refractivity contribution in [3.05, 3.63) is 35.4 Å². The van der Waals surface area contributed by atoms with E-state index in [-0.39, 0.29) is 6.61 Å². The Bertz CT molecular complexity index is 403. The number of hydrogen-bond acceptors (Lipinski definition) is 3. The average molecular weight is 247 g/mol. The third kappa shape index (κ3) is 4.97. The predicted molar refractivity (Wildman–Crippen MR) is 75.5 cm³/mol. The molecule has 0 saturated carbocycles. The van der Waals surface area contributed by atoms with Crippen LogP contribution in [-0.4, -0.2) is 23.8 Å². The molecular formula is C14H17NOS. The van der Waals surface area contributed by atoms with E-state index in [9.17, 15) is 0 Å². The Hall–Kier alpha value is -1.40. The number of hydrogen-bond donors (Lipinski definition) is 0. The van der Waals surface area contributed by atoms with E-state index < -0.39 is 0 Å². The molecule has 0 N–H and O–H groups in total. The monoisotopic (exact) mass is 247 g/mol. The molecule has 0 amide bonds. The maximum absolute atomic E-state index is 5.12. The van der Waals surface area contributed by atoms with Gasteiger partial charge < -0.3 is 4.84 Å². The maximum Gasteiger partial charge on any atom is 0.177 e. The largest absolute Gasteiger partial charge is 0.382 e. The molecule has 90 valence electrons. The van der Waals surface area contributed by atoms with Gasteiger partial charge in [-0.05, 0) is 12.7 Å². The van der Waals surface area contributed by atoms with Gasteiger partial charge in [-0.25, -0.2) is 0 Å². The molecule has 0 heterocycles. The molecule has 0 aliphatic heterocycles. The molecule has 0 unspecified atom stereocenters. The van der Waals surface area contributed by atoms with Crippen molar-refractivity contribution >= 4 is 17.5 Å². The Morgan fingerprint density at radius 1 is 1.41 bits per heavy atom. The van der Waals surface area contributed by atoms with Gasteiger partial charge in [-0.15, -0.1) is 6.42 Å². The molecule has 0 saturated heterocycles. The lowest BCUT2D eigenvalue weighted by atomic mass is 10.1. The van der Waals surface area contributed by atoms with Crippen molar-refractivity contribution in [1.29, 1.82) is 0 Å². The third-order valence-corrected chi connectivity index (χ3v) is 3.04. The van der Waals surface area contributed by atoms with Gasteiger partial charge in [0.25, 0.3) is 0 Å². The molecule has 0 aromatic heterocycles. The van der Waals surface area contributed by atoms with Gasteiger partial charge in [0.15, 0.2) is 6.61 Å². The minimum atomic E-state index is 0.214. The van der Waals surface area contributed by atoms with E-state index in [0.29, 0.717) is 0 Å². The number of terminal acetylenes is 1. The second-order valence-corrected chi connectivity index (χ2v) is 4.79. The van der Waals surface area contributed by atoms with Crippen LogP contribution in [0.3, 0.4) is 0 Å². The van der Waals surface area contributed by atoms with Gasteiger partial charge in [0.1, 0.15) is 0 Å². The van der Waals surface area contributed by atoms with Crippen LogP contribution in [0.4, 0.5) is 0 Å². The molecule has 0 radical (unpaired) electrons. The molecule has 17 heavy (non-hydrogen) atoms. The van der Waals surface area contributed by atoms with E-state index in [0.717, 1.165) is 22.8 Å². The summed E-state index contributed by atoms with van der Waals surface area (Å²) in [6, 6.07) is 8.26. The summed E-state index contributed by atoms with van der Waals surface area (Å²) in [6.07, 6.45) is 5.12. The van der Waals surface area contributed by atoms with E-state index in [1.807, 2.05) is 11.8 Å². The summed E-state index contributed by atoms with van der Waals surface area (Å²) < 4.78 is 0. The summed E-state index contributed by atoms with van der Waals surface area (Å²) >= 11 is 1.81. The number of oxime groups is 1. The van der Waals surface area contributed by atoms with Gasteiger partial charge in [-0.3, -0.25) is 0 Å². The van der Waals surface area contributed by atoms with Gasteiger partial charge in [-0.2, -0.15) is 11.8 Å². The highest BCUT2D eigenvalue weighted by atomic mass is 32.2. The van der Waals surface area contributed by atoms with Crippen LogP contribution in [0, 0.1) is 19.3 Å². The quantitative estimate of drug-likeness (QED) is 0.333. The topological polar surface area (TPSA) is 21.6 Å². The first-order valence-electron chi connectivity index (χ1n) is 5.55. The molecule has 0 bridgehead atoms. The summed E-state index contributed by atoms with van der Waals surface area (Å²) in [5, 5.41) is 4.10.